The summed E-state index contributed by atoms with van der Waals surface area (Å²) in [5, 5.41) is 2.91. The Morgan fingerprint density at radius 3 is 2.33 bits per heavy atom. The molecule has 0 atom stereocenters. The van der Waals surface area contributed by atoms with Crippen molar-refractivity contribution in [2.75, 3.05) is 5.32 Å². The second kappa shape index (κ2) is 6.50. The van der Waals surface area contributed by atoms with E-state index in [0.717, 1.165) is 22.4 Å². The molecule has 1 amide bonds. The maximum absolute atomic E-state index is 12.0. The van der Waals surface area contributed by atoms with Gasteiger partial charge in [-0.1, -0.05) is 42.5 Å². The van der Waals surface area contributed by atoms with Gasteiger partial charge in [0.1, 0.15) is 4.99 Å². The van der Waals surface area contributed by atoms with Crippen molar-refractivity contribution in [3.8, 4) is 0 Å². The molecule has 0 fully saturated rings. The van der Waals surface area contributed by atoms with Gasteiger partial charge in [-0.2, -0.15) is 0 Å². The van der Waals surface area contributed by atoms with Gasteiger partial charge in [0.15, 0.2) is 0 Å². The number of nitrogens with two attached hydrogens (primary N) is 1. The smallest absolute Gasteiger partial charge is 0.228 e. The molecule has 108 valence electrons. The molecule has 0 heterocycles. The molecular weight excluding hydrogens is 280 g/mol. The first-order valence-corrected chi connectivity index (χ1v) is 7.12. The molecule has 3 N–H and O–H groups in total. The van der Waals surface area contributed by atoms with E-state index in [0.29, 0.717) is 11.4 Å². The highest BCUT2D eigenvalue weighted by atomic mass is 32.1. The lowest BCUT2D eigenvalue weighted by Gasteiger charge is -2.08. The van der Waals surface area contributed by atoms with Crippen molar-refractivity contribution in [2.45, 2.75) is 20.3 Å². The molecule has 0 spiro atoms. The molecule has 0 bridgehead atoms. The minimum Gasteiger partial charge on any atom is -0.389 e. The molecule has 0 radical (unpaired) electrons. The lowest BCUT2D eigenvalue weighted by atomic mass is 10.1. The van der Waals surface area contributed by atoms with Gasteiger partial charge in [-0.15, -0.1) is 0 Å². The van der Waals surface area contributed by atoms with Crippen LogP contribution in [0.1, 0.15) is 22.3 Å². The summed E-state index contributed by atoms with van der Waals surface area (Å²) in [5.41, 5.74) is 10.5. The standard InChI is InChI=1S/C17H18N2OS/c1-11-3-8-15(9-12(11)2)19-16(20)10-13-4-6-14(7-5-13)17(18)21/h3-9H,10H2,1-2H3,(H2,18,21)(H,19,20). The normalized spacial score (nSPS) is 10.2. The van der Waals surface area contributed by atoms with Crippen molar-refractivity contribution in [3.05, 3.63) is 64.7 Å². The van der Waals surface area contributed by atoms with E-state index in [1.165, 1.54) is 5.56 Å². The van der Waals surface area contributed by atoms with Crippen molar-refractivity contribution in [1.82, 2.24) is 0 Å². The van der Waals surface area contributed by atoms with Crippen LogP contribution in [0.2, 0.25) is 0 Å². The number of carbonyl (C=O) groups is 1. The number of anilines is 1. The van der Waals surface area contributed by atoms with Gasteiger partial charge in [0.25, 0.3) is 0 Å². The second-order valence-electron chi connectivity index (χ2n) is 5.09. The fourth-order valence-electron chi connectivity index (χ4n) is 2.00. The summed E-state index contributed by atoms with van der Waals surface area (Å²) in [7, 11) is 0. The highest BCUT2D eigenvalue weighted by Crippen LogP contribution is 2.14. The van der Waals surface area contributed by atoms with Crippen LogP contribution in [0, 0.1) is 13.8 Å². The van der Waals surface area contributed by atoms with Crippen LogP contribution in [-0.4, -0.2) is 10.9 Å². The number of hydrogen-bond donors (Lipinski definition) is 2. The van der Waals surface area contributed by atoms with E-state index < -0.39 is 0 Å². The molecule has 2 rings (SSSR count). The fraction of sp³-hybridized carbons (Fsp3) is 0.176. The number of carbonyl (C=O) groups excluding carboxylic acids is 1. The number of amides is 1. The van der Waals surface area contributed by atoms with Crippen molar-refractivity contribution in [2.24, 2.45) is 5.73 Å². The third kappa shape index (κ3) is 4.13. The van der Waals surface area contributed by atoms with Crippen LogP contribution in [0.5, 0.6) is 0 Å². The van der Waals surface area contributed by atoms with E-state index >= 15 is 0 Å². The Balaban J connectivity index is 2.01. The first-order valence-electron chi connectivity index (χ1n) is 6.71. The van der Waals surface area contributed by atoms with Crippen molar-refractivity contribution in [1.29, 1.82) is 0 Å². The molecule has 3 nitrogen and oxygen atoms in total. The van der Waals surface area contributed by atoms with Crippen LogP contribution in [0.3, 0.4) is 0 Å². The molecule has 0 aliphatic heterocycles. The molecule has 0 aromatic heterocycles. The number of hydrogen-bond acceptors (Lipinski definition) is 2. The number of rotatable bonds is 4. The molecule has 0 aliphatic rings. The lowest BCUT2D eigenvalue weighted by Crippen LogP contribution is -2.15. The van der Waals surface area contributed by atoms with Gasteiger partial charge in [0.2, 0.25) is 5.91 Å². The van der Waals surface area contributed by atoms with Crippen LogP contribution in [0.15, 0.2) is 42.5 Å². The van der Waals surface area contributed by atoms with E-state index in [9.17, 15) is 4.79 Å². The lowest BCUT2D eigenvalue weighted by molar-refractivity contribution is -0.115. The SMILES string of the molecule is Cc1ccc(NC(=O)Cc2ccc(C(N)=S)cc2)cc1C. The van der Waals surface area contributed by atoms with E-state index in [1.807, 2.05) is 56.3 Å². The average Bonchev–Trinajstić information content (AvgIpc) is 2.43. The van der Waals surface area contributed by atoms with Gasteiger partial charge in [0, 0.05) is 11.3 Å². The minimum absolute atomic E-state index is 0.0404. The third-order valence-corrected chi connectivity index (χ3v) is 3.63. The Morgan fingerprint density at radius 2 is 1.76 bits per heavy atom. The van der Waals surface area contributed by atoms with E-state index in [2.05, 4.69) is 5.32 Å². The van der Waals surface area contributed by atoms with Crippen LogP contribution in [0.4, 0.5) is 5.69 Å². The summed E-state index contributed by atoms with van der Waals surface area (Å²) in [4.78, 5) is 12.4. The van der Waals surface area contributed by atoms with Crippen molar-refractivity contribution >= 4 is 28.8 Å². The summed E-state index contributed by atoms with van der Waals surface area (Å²) in [5.74, 6) is -0.0404. The zero-order valence-corrected chi connectivity index (χ0v) is 13.0. The molecule has 2 aromatic rings. The first-order chi connectivity index (χ1) is 9.95. The van der Waals surface area contributed by atoms with Crippen molar-refractivity contribution < 1.29 is 4.79 Å². The zero-order valence-electron chi connectivity index (χ0n) is 12.1. The zero-order chi connectivity index (χ0) is 15.4. The second-order valence-corrected chi connectivity index (χ2v) is 5.52. The van der Waals surface area contributed by atoms with Gasteiger partial charge >= 0.3 is 0 Å². The van der Waals surface area contributed by atoms with Gasteiger partial charge in [-0.25, -0.2) is 0 Å². The molecule has 21 heavy (non-hydrogen) atoms. The summed E-state index contributed by atoms with van der Waals surface area (Å²) in [6, 6.07) is 13.3. The van der Waals surface area contributed by atoms with Gasteiger partial charge in [-0.05, 0) is 42.7 Å². The molecule has 4 heteroatoms. The maximum Gasteiger partial charge on any atom is 0.228 e. The molecular formula is C17H18N2OS. The largest absolute Gasteiger partial charge is 0.389 e. The first kappa shape index (κ1) is 15.2. The molecule has 2 aromatic carbocycles. The van der Waals surface area contributed by atoms with Crippen LogP contribution in [-0.2, 0) is 11.2 Å². The van der Waals surface area contributed by atoms with Crippen LogP contribution in [0.25, 0.3) is 0 Å². The summed E-state index contributed by atoms with van der Waals surface area (Å²) in [6.07, 6.45) is 0.324. The Labute approximate surface area is 130 Å². The molecule has 0 aliphatic carbocycles. The summed E-state index contributed by atoms with van der Waals surface area (Å²) >= 11 is 4.90. The fourth-order valence-corrected chi connectivity index (χ4v) is 2.13. The number of thiocarbonyl (C=S) groups is 1. The van der Waals surface area contributed by atoms with E-state index in [4.69, 9.17) is 18.0 Å². The summed E-state index contributed by atoms with van der Waals surface area (Å²) in [6.45, 7) is 4.07. The Kier molecular flexibility index (Phi) is 4.70. The number of aryl methyl sites for hydroxylation is 2. The molecule has 0 saturated carbocycles. The number of benzene rings is 2. The van der Waals surface area contributed by atoms with Crippen LogP contribution < -0.4 is 11.1 Å². The highest BCUT2D eigenvalue weighted by molar-refractivity contribution is 7.80. The van der Waals surface area contributed by atoms with E-state index in [-0.39, 0.29) is 5.91 Å². The topological polar surface area (TPSA) is 55.1 Å². The predicted octanol–water partition coefficient (Wildman–Crippen LogP) is 3.12. The third-order valence-electron chi connectivity index (χ3n) is 3.39. The van der Waals surface area contributed by atoms with Crippen LogP contribution >= 0.6 is 12.2 Å². The van der Waals surface area contributed by atoms with Crippen molar-refractivity contribution in [3.63, 3.8) is 0 Å². The maximum atomic E-state index is 12.0. The quantitative estimate of drug-likeness (QED) is 0.853. The summed E-state index contributed by atoms with van der Waals surface area (Å²) < 4.78 is 0. The molecule has 0 unspecified atom stereocenters. The highest BCUT2D eigenvalue weighted by Gasteiger charge is 2.05. The van der Waals surface area contributed by atoms with Gasteiger partial charge in [-0.3, -0.25) is 4.79 Å². The Bertz CT molecular complexity index is 678. The van der Waals surface area contributed by atoms with E-state index in [1.54, 1.807) is 0 Å². The minimum atomic E-state index is -0.0404. The number of nitrogens with one attached hydrogen (secondary N) is 1. The monoisotopic (exact) mass is 298 g/mol. The average molecular weight is 298 g/mol. The van der Waals surface area contributed by atoms with Gasteiger partial charge in [0.05, 0.1) is 6.42 Å². The molecule has 0 saturated heterocycles. The van der Waals surface area contributed by atoms with Gasteiger partial charge < -0.3 is 11.1 Å². The Morgan fingerprint density at radius 1 is 1.10 bits per heavy atom. The Hall–Kier alpha value is -2.20. The predicted molar refractivity (Wildman–Crippen MR) is 90.6 cm³/mol.